The number of halogens is 1. The van der Waals surface area contributed by atoms with Crippen LogP contribution < -0.4 is 0 Å². The first-order chi connectivity index (χ1) is 13.3. The van der Waals surface area contributed by atoms with Crippen molar-refractivity contribution in [3.8, 4) is 0 Å². The maximum Gasteiger partial charge on any atom is 0.257 e. The molecule has 28 heavy (non-hydrogen) atoms. The van der Waals surface area contributed by atoms with E-state index in [2.05, 4.69) is 5.10 Å². The molecule has 0 aliphatic carbocycles. The average molecular weight is 403 g/mol. The van der Waals surface area contributed by atoms with Gasteiger partial charge < -0.3 is 9.80 Å². The highest BCUT2D eigenvalue weighted by molar-refractivity contribution is 6.31. The zero-order valence-corrected chi connectivity index (χ0v) is 17.7. The second-order valence-electron chi connectivity index (χ2n) is 7.59. The molecule has 0 saturated carbocycles. The monoisotopic (exact) mass is 402 g/mol. The Morgan fingerprint density at radius 1 is 1.18 bits per heavy atom. The van der Waals surface area contributed by atoms with Crippen molar-refractivity contribution in [2.75, 3.05) is 27.2 Å². The maximum atomic E-state index is 13.1. The number of amides is 2. The highest BCUT2D eigenvalue weighted by atomic mass is 35.5. The van der Waals surface area contributed by atoms with Gasteiger partial charge in [0.2, 0.25) is 5.91 Å². The summed E-state index contributed by atoms with van der Waals surface area (Å²) in [6, 6.07) is 7.66. The van der Waals surface area contributed by atoms with Crippen LogP contribution >= 0.6 is 11.6 Å². The van der Waals surface area contributed by atoms with Crippen LogP contribution in [0.2, 0.25) is 5.02 Å². The number of likely N-dealkylation sites (tertiary alicyclic amines) is 1. The summed E-state index contributed by atoms with van der Waals surface area (Å²) < 4.78 is 1.84. The molecule has 1 aromatic carbocycles. The number of benzene rings is 1. The number of carbonyl (C=O) groups excluding carboxylic acids is 2. The molecule has 0 unspecified atom stereocenters. The molecule has 2 amide bonds. The number of hydrogen-bond acceptors (Lipinski definition) is 3. The summed E-state index contributed by atoms with van der Waals surface area (Å²) in [6.07, 6.45) is 1.41. The van der Waals surface area contributed by atoms with Gasteiger partial charge in [-0.05, 0) is 38.3 Å². The largest absolute Gasteiger partial charge is 0.349 e. The molecule has 2 aromatic rings. The second kappa shape index (κ2) is 8.35. The van der Waals surface area contributed by atoms with Crippen molar-refractivity contribution >= 4 is 23.4 Å². The first-order valence-corrected chi connectivity index (χ1v) is 9.95. The fourth-order valence-electron chi connectivity index (χ4n) is 3.80. The number of aryl methyl sites for hydroxylation is 1. The summed E-state index contributed by atoms with van der Waals surface area (Å²) in [5, 5.41) is 5.27. The highest BCUT2D eigenvalue weighted by Gasteiger charge is 2.30. The van der Waals surface area contributed by atoms with E-state index in [9.17, 15) is 9.59 Å². The third-order valence-electron chi connectivity index (χ3n) is 5.45. The minimum absolute atomic E-state index is 0.00355. The Labute approximate surface area is 171 Å². The van der Waals surface area contributed by atoms with E-state index in [0.717, 1.165) is 17.0 Å². The SMILES string of the molecule is Cc1nn(Cc2ccccc2Cl)c(C)c1C(=O)N1CCC(C(=O)N(C)C)CC1. The van der Waals surface area contributed by atoms with Crippen LogP contribution in [0.25, 0.3) is 0 Å². The molecule has 3 rings (SSSR count). The standard InChI is InChI=1S/C21H27ClN4O2/c1-14-19(15(2)26(23-14)13-17-7-5-6-8-18(17)22)21(28)25-11-9-16(10-12-25)20(27)24(3)4/h5-8,16H,9-13H2,1-4H3. The number of hydrogen-bond donors (Lipinski definition) is 0. The van der Waals surface area contributed by atoms with Crippen LogP contribution in [0, 0.1) is 19.8 Å². The topological polar surface area (TPSA) is 58.4 Å². The van der Waals surface area contributed by atoms with Gasteiger partial charge in [-0.3, -0.25) is 14.3 Å². The van der Waals surface area contributed by atoms with Crippen LogP contribution in [0.4, 0.5) is 0 Å². The highest BCUT2D eigenvalue weighted by Crippen LogP contribution is 2.24. The summed E-state index contributed by atoms with van der Waals surface area (Å²) in [5.74, 6) is 0.146. The molecule has 0 radical (unpaired) electrons. The molecule has 1 aliphatic rings. The van der Waals surface area contributed by atoms with E-state index < -0.39 is 0 Å². The van der Waals surface area contributed by atoms with E-state index in [1.807, 2.05) is 47.7 Å². The van der Waals surface area contributed by atoms with Gasteiger partial charge >= 0.3 is 0 Å². The molecular formula is C21H27ClN4O2. The minimum Gasteiger partial charge on any atom is -0.349 e. The van der Waals surface area contributed by atoms with Crippen LogP contribution in [0.1, 0.15) is 40.2 Å². The lowest BCUT2D eigenvalue weighted by Crippen LogP contribution is -2.43. The first-order valence-electron chi connectivity index (χ1n) is 9.57. The molecular weight excluding hydrogens is 376 g/mol. The molecule has 150 valence electrons. The Hall–Kier alpha value is -2.34. The van der Waals surface area contributed by atoms with Crippen molar-refractivity contribution < 1.29 is 9.59 Å². The molecule has 7 heteroatoms. The van der Waals surface area contributed by atoms with Crippen molar-refractivity contribution in [1.29, 1.82) is 0 Å². The molecule has 1 aliphatic heterocycles. The van der Waals surface area contributed by atoms with Crippen molar-refractivity contribution in [1.82, 2.24) is 19.6 Å². The number of piperidine rings is 1. The van der Waals surface area contributed by atoms with Gasteiger partial charge in [-0.25, -0.2) is 0 Å². The average Bonchev–Trinajstić information content (AvgIpc) is 2.95. The second-order valence-corrected chi connectivity index (χ2v) is 8.00. The third-order valence-corrected chi connectivity index (χ3v) is 5.81. The fourth-order valence-corrected chi connectivity index (χ4v) is 4.00. The van der Waals surface area contributed by atoms with Crippen LogP contribution in [0.3, 0.4) is 0 Å². The quantitative estimate of drug-likeness (QED) is 0.789. The van der Waals surface area contributed by atoms with E-state index in [0.29, 0.717) is 43.1 Å². The van der Waals surface area contributed by atoms with E-state index in [1.165, 1.54) is 0 Å². The van der Waals surface area contributed by atoms with Gasteiger partial charge in [0, 0.05) is 43.8 Å². The lowest BCUT2D eigenvalue weighted by Gasteiger charge is -2.32. The smallest absolute Gasteiger partial charge is 0.257 e. The minimum atomic E-state index is -0.00355. The van der Waals surface area contributed by atoms with Gasteiger partial charge in [0.05, 0.1) is 17.8 Å². The van der Waals surface area contributed by atoms with Gasteiger partial charge in [-0.15, -0.1) is 0 Å². The predicted molar refractivity (Wildman–Crippen MR) is 110 cm³/mol. The number of carbonyl (C=O) groups is 2. The third kappa shape index (κ3) is 4.07. The first kappa shape index (κ1) is 20.4. The maximum absolute atomic E-state index is 13.1. The number of rotatable bonds is 4. The van der Waals surface area contributed by atoms with Crippen LogP contribution in [-0.4, -0.2) is 58.6 Å². The summed E-state index contributed by atoms with van der Waals surface area (Å²) >= 11 is 6.27. The molecule has 1 aromatic heterocycles. The van der Waals surface area contributed by atoms with Gasteiger partial charge in [-0.1, -0.05) is 29.8 Å². The molecule has 2 heterocycles. The van der Waals surface area contributed by atoms with E-state index >= 15 is 0 Å². The van der Waals surface area contributed by atoms with E-state index in [4.69, 9.17) is 11.6 Å². The Morgan fingerprint density at radius 2 is 1.82 bits per heavy atom. The molecule has 0 spiro atoms. The zero-order valence-electron chi connectivity index (χ0n) is 16.9. The summed E-state index contributed by atoms with van der Waals surface area (Å²) in [6.45, 7) is 5.51. The van der Waals surface area contributed by atoms with Gasteiger partial charge in [-0.2, -0.15) is 5.10 Å². The van der Waals surface area contributed by atoms with Crippen LogP contribution in [0.15, 0.2) is 24.3 Å². The van der Waals surface area contributed by atoms with Crippen molar-refractivity contribution in [2.24, 2.45) is 5.92 Å². The summed E-state index contributed by atoms with van der Waals surface area (Å²) in [7, 11) is 3.56. The molecule has 6 nitrogen and oxygen atoms in total. The molecule has 0 atom stereocenters. The Bertz CT molecular complexity index is 883. The molecule has 0 bridgehead atoms. The summed E-state index contributed by atoms with van der Waals surface area (Å²) in [4.78, 5) is 28.8. The number of aromatic nitrogens is 2. The Kier molecular flexibility index (Phi) is 6.08. The van der Waals surface area contributed by atoms with Gasteiger partial charge in [0.25, 0.3) is 5.91 Å². The lowest BCUT2D eigenvalue weighted by atomic mass is 9.95. The molecule has 1 saturated heterocycles. The zero-order chi connectivity index (χ0) is 20.4. The predicted octanol–water partition coefficient (Wildman–Crippen LogP) is 3.14. The fraction of sp³-hybridized carbons (Fsp3) is 0.476. The molecule has 1 fully saturated rings. The Balaban J connectivity index is 1.74. The van der Waals surface area contributed by atoms with Gasteiger partial charge in [0.15, 0.2) is 0 Å². The van der Waals surface area contributed by atoms with Crippen molar-refractivity contribution in [3.05, 3.63) is 51.8 Å². The Morgan fingerprint density at radius 3 is 2.43 bits per heavy atom. The summed E-state index contributed by atoms with van der Waals surface area (Å²) in [5.41, 5.74) is 3.19. The van der Waals surface area contributed by atoms with Crippen LogP contribution in [-0.2, 0) is 11.3 Å². The van der Waals surface area contributed by atoms with Crippen LogP contribution in [0.5, 0.6) is 0 Å². The molecule has 0 N–H and O–H groups in total. The number of nitrogens with zero attached hydrogens (tertiary/aromatic N) is 4. The van der Waals surface area contributed by atoms with E-state index in [1.54, 1.807) is 19.0 Å². The lowest BCUT2D eigenvalue weighted by molar-refractivity contribution is -0.134. The van der Waals surface area contributed by atoms with Gasteiger partial charge in [0.1, 0.15) is 0 Å². The normalized spacial score (nSPS) is 15.0. The van der Waals surface area contributed by atoms with E-state index in [-0.39, 0.29) is 17.7 Å². The van der Waals surface area contributed by atoms with Crippen molar-refractivity contribution in [3.63, 3.8) is 0 Å². The van der Waals surface area contributed by atoms with Crippen molar-refractivity contribution in [2.45, 2.75) is 33.2 Å².